The summed E-state index contributed by atoms with van der Waals surface area (Å²) in [5, 5.41) is 0. The molecule has 3 aromatic carbocycles. The summed E-state index contributed by atoms with van der Waals surface area (Å²) in [4.78, 5) is 8.65. The molecule has 0 aliphatic carbocycles. The van der Waals surface area contributed by atoms with Crippen LogP contribution in [-0.4, -0.2) is 9.97 Å². The molecular formula is C29H22N2Pt. The summed E-state index contributed by atoms with van der Waals surface area (Å²) in [6.45, 7) is 2.13. The summed E-state index contributed by atoms with van der Waals surface area (Å²) < 4.78 is 0. The van der Waals surface area contributed by atoms with E-state index in [0.29, 0.717) is 0 Å². The number of benzene rings is 3. The molecule has 5 aromatic rings. The molecular weight excluding hydrogens is 571 g/mol. The molecule has 0 unspecified atom stereocenters. The standard InChI is InChI=1S/C18H14N.C11H8N.Pt/c1-14-7-5-6-10-17(14)16-11-12-19-18(13-16)15-8-3-2-4-9-15;1-2-6-10(7-3-1)11-8-4-5-9-12-11;/h2-8,10-13H,1H3;1-6,8-9H;/q2*-1;+2. The minimum Gasteiger partial charge on any atom is -0.305 e. The van der Waals surface area contributed by atoms with Gasteiger partial charge in [-0.2, -0.15) is 0 Å². The van der Waals surface area contributed by atoms with Crippen LogP contribution in [0.3, 0.4) is 0 Å². The minimum atomic E-state index is 0. The van der Waals surface area contributed by atoms with Crippen molar-refractivity contribution in [3.63, 3.8) is 0 Å². The Hall–Kier alpha value is -3.35. The molecule has 0 N–H and O–H groups in total. The number of rotatable bonds is 3. The van der Waals surface area contributed by atoms with Gasteiger partial charge in [0.1, 0.15) is 0 Å². The van der Waals surface area contributed by atoms with E-state index in [1.165, 1.54) is 16.7 Å². The van der Waals surface area contributed by atoms with Crippen molar-refractivity contribution >= 4 is 0 Å². The summed E-state index contributed by atoms with van der Waals surface area (Å²) in [5.74, 6) is 0. The largest absolute Gasteiger partial charge is 2.00 e. The van der Waals surface area contributed by atoms with Crippen LogP contribution in [0.5, 0.6) is 0 Å². The Morgan fingerprint density at radius 1 is 0.594 bits per heavy atom. The zero-order valence-electron chi connectivity index (χ0n) is 17.7. The maximum atomic E-state index is 4.43. The Morgan fingerprint density at radius 3 is 1.84 bits per heavy atom. The quantitative estimate of drug-likeness (QED) is 0.209. The SMILES string of the molecule is Cc1ccccc1-c1ccnc(-c2[c-]cccc2)c1.[Pt+2].[c-]1ccccc1-c1ccccn1. The fourth-order valence-electron chi connectivity index (χ4n) is 3.27. The molecule has 0 aliphatic rings. The van der Waals surface area contributed by atoms with Gasteiger partial charge in [0.15, 0.2) is 0 Å². The van der Waals surface area contributed by atoms with Gasteiger partial charge >= 0.3 is 21.1 Å². The van der Waals surface area contributed by atoms with Crippen LogP contribution in [0.15, 0.2) is 116 Å². The molecule has 0 bridgehead atoms. The maximum Gasteiger partial charge on any atom is 2.00 e. The van der Waals surface area contributed by atoms with Gasteiger partial charge in [-0.05, 0) is 47.1 Å². The molecule has 5 rings (SSSR count). The number of aromatic nitrogens is 2. The molecule has 0 atom stereocenters. The van der Waals surface area contributed by atoms with E-state index < -0.39 is 0 Å². The van der Waals surface area contributed by atoms with Crippen LogP contribution < -0.4 is 0 Å². The van der Waals surface area contributed by atoms with Crippen LogP contribution in [0, 0.1) is 19.1 Å². The summed E-state index contributed by atoms with van der Waals surface area (Å²) in [5.41, 5.74) is 7.72. The van der Waals surface area contributed by atoms with Crippen molar-refractivity contribution in [2.45, 2.75) is 6.92 Å². The smallest absolute Gasteiger partial charge is 0.305 e. The summed E-state index contributed by atoms with van der Waals surface area (Å²) >= 11 is 0. The van der Waals surface area contributed by atoms with Crippen molar-refractivity contribution in [2.24, 2.45) is 0 Å². The van der Waals surface area contributed by atoms with E-state index in [1.54, 1.807) is 6.20 Å². The predicted octanol–water partition coefficient (Wildman–Crippen LogP) is 7.07. The van der Waals surface area contributed by atoms with Crippen LogP contribution in [0.1, 0.15) is 5.56 Å². The monoisotopic (exact) mass is 593 g/mol. The number of aryl methyl sites for hydroxylation is 1. The van der Waals surface area contributed by atoms with Gasteiger partial charge in [-0.15, -0.1) is 71.8 Å². The second kappa shape index (κ2) is 11.9. The molecule has 0 fully saturated rings. The normalized spacial score (nSPS) is 9.78. The first-order chi connectivity index (χ1) is 15.3. The first kappa shape index (κ1) is 23.3. The van der Waals surface area contributed by atoms with Crippen LogP contribution in [0.2, 0.25) is 0 Å². The van der Waals surface area contributed by atoms with Crippen LogP contribution in [-0.2, 0) is 21.1 Å². The molecule has 2 aromatic heterocycles. The van der Waals surface area contributed by atoms with Crippen molar-refractivity contribution in [1.29, 1.82) is 0 Å². The second-order valence-electron chi connectivity index (χ2n) is 7.01. The molecule has 32 heavy (non-hydrogen) atoms. The molecule has 2 nitrogen and oxygen atoms in total. The molecule has 158 valence electrons. The summed E-state index contributed by atoms with van der Waals surface area (Å²) in [7, 11) is 0. The van der Waals surface area contributed by atoms with Gasteiger partial charge in [-0.25, -0.2) is 0 Å². The summed E-state index contributed by atoms with van der Waals surface area (Å²) in [6.07, 6.45) is 3.65. The first-order valence-electron chi connectivity index (χ1n) is 10.2. The van der Waals surface area contributed by atoms with E-state index in [0.717, 1.165) is 22.5 Å². The summed E-state index contributed by atoms with van der Waals surface area (Å²) in [6, 6.07) is 40.5. The Bertz CT molecular complexity index is 1190. The zero-order chi connectivity index (χ0) is 21.3. The fourth-order valence-corrected chi connectivity index (χ4v) is 3.27. The Morgan fingerprint density at radius 2 is 1.22 bits per heavy atom. The number of hydrogen-bond donors (Lipinski definition) is 0. The molecule has 0 aliphatic heterocycles. The van der Waals surface area contributed by atoms with Gasteiger partial charge in [0, 0.05) is 12.4 Å². The van der Waals surface area contributed by atoms with E-state index in [1.807, 2.05) is 72.9 Å². The van der Waals surface area contributed by atoms with Gasteiger partial charge in [-0.1, -0.05) is 42.5 Å². The molecule has 0 amide bonds. The van der Waals surface area contributed by atoms with Crippen molar-refractivity contribution in [3.8, 4) is 33.6 Å². The number of hydrogen-bond acceptors (Lipinski definition) is 2. The Kier molecular flexibility index (Phi) is 8.66. The maximum absolute atomic E-state index is 4.43. The third kappa shape index (κ3) is 6.09. The van der Waals surface area contributed by atoms with E-state index >= 15 is 0 Å². The van der Waals surface area contributed by atoms with Gasteiger partial charge < -0.3 is 9.97 Å². The zero-order valence-corrected chi connectivity index (χ0v) is 20.0. The van der Waals surface area contributed by atoms with E-state index in [-0.39, 0.29) is 21.1 Å². The van der Waals surface area contributed by atoms with Gasteiger partial charge in [0.25, 0.3) is 0 Å². The van der Waals surface area contributed by atoms with Crippen LogP contribution in [0.25, 0.3) is 33.6 Å². The van der Waals surface area contributed by atoms with E-state index in [2.05, 4.69) is 65.4 Å². The topological polar surface area (TPSA) is 25.8 Å². The third-order valence-electron chi connectivity index (χ3n) is 4.85. The van der Waals surface area contributed by atoms with E-state index in [4.69, 9.17) is 0 Å². The average Bonchev–Trinajstić information content (AvgIpc) is 2.86. The predicted molar refractivity (Wildman–Crippen MR) is 127 cm³/mol. The fraction of sp³-hybridized carbons (Fsp3) is 0.0345. The minimum absolute atomic E-state index is 0. The van der Waals surface area contributed by atoms with Crippen LogP contribution >= 0.6 is 0 Å². The first-order valence-corrected chi connectivity index (χ1v) is 10.2. The van der Waals surface area contributed by atoms with E-state index in [9.17, 15) is 0 Å². The van der Waals surface area contributed by atoms with Crippen molar-refractivity contribution < 1.29 is 21.1 Å². The molecule has 0 saturated carbocycles. The van der Waals surface area contributed by atoms with Crippen molar-refractivity contribution in [2.75, 3.05) is 0 Å². The molecule has 0 spiro atoms. The molecule has 0 saturated heterocycles. The van der Waals surface area contributed by atoms with Gasteiger partial charge in [0.05, 0.1) is 0 Å². The second-order valence-corrected chi connectivity index (χ2v) is 7.01. The molecule has 0 radical (unpaired) electrons. The van der Waals surface area contributed by atoms with Crippen molar-refractivity contribution in [3.05, 3.63) is 133 Å². The Balaban J connectivity index is 0.000000193. The average molecular weight is 594 g/mol. The third-order valence-corrected chi connectivity index (χ3v) is 4.85. The van der Waals surface area contributed by atoms with Crippen LogP contribution in [0.4, 0.5) is 0 Å². The Labute approximate surface area is 204 Å². The molecule has 2 heterocycles. The molecule has 3 heteroatoms. The van der Waals surface area contributed by atoms with Gasteiger partial charge in [-0.3, -0.25) is 0 Å². The number of nitrogens with zero attached hydrogens (tertiary/aromatic N) is 2. The van der Waals surface area contributed by atoms with Gasteiger partial charge in [0.2, 0.25) is 0 Å². The number of pyridine rings is 2. The van der Waals surface area contributed by atoms with Crippen molar-refractivity contribution in [1.82, 2.24) is 9.97 Å².